The van der Waals surface area contributed by atoms with Crippen LogP contribution in [0.25, 0.3) is 10.6 Å². The molecule has 5 nitrogen and oxygen atoms in total. The third kappa shape index (κ3) is 5.50. The fourth-order valence-corrected chi connectivity index (χ4v) is 4.30. The zero-order valence-electron chi connectivity index (χ0n) is 17.0. The highest BCUT2D eigenvalue weighted by Crippen LogP contribution is 2.24. The Morgan fingerprint density at radius 2 is 1.70 bits per heavy atom. The van der Waals surface area contributed by atoms with Crippen LogP contribution in [0.5, 0.6) is 0 Å². The predicted octanol–water partition coefficient (Wildman–Crippen LogP) is 4.01. The molecule has 1 amide bonds. The highest BCUT2D eigenvalue weighted by molar-refractivity contribution is 7.13. The van der Waals surface area contributed by atoms with E-state index in [0.717, 1.165) is 49.0 Å². The van der Waals surface area contributed by atoms with Gasteiger partial charge in [0.25, 0.3) is 0 Å². The van der Waals surface area contributed by atoms with E-state index >= 15 is 0 Å². The number of carbonyl (C=O) groups is 1. The van der Waals surface area contributed by atoms with E-state index in [1.807, 2.05) is 0 Å². The molecule has 0 bridgehead atoms. The van der Waals surface area contributed by atoms with Crippen LogP contribution in [0.2, 0.25) is 0 Å². The van der Waals surface area contributed by atoms with Gasteiger partial charge >= 0.3 is 0 Å². The number of benzene rings is 2. The van der Waals surface area contributed by atoms with E-state index in [9.17, 15) is 9.18 Å². The number of hydrogen-bond donors (Lipinski definition) is 1. The molecule has 0 aliphatic carbocycles. The van der Waals surface area contributed by atoms with E-state index in [1.165, 1.54) is 17.7 Å². The van der Waals surface area contributed by atoms with Gasteiger partial charge in [-0.1, -0.05) is 29.8 Å². The Morgan fingerprint density at radius 3 is 2.40 bits per heavy atom. The molecule has 0 spiro atoms. The molecular weight excluding hydrogens is 399 g/mol. The Hall–Kier alpha value is -2.61. The monoisotopic (exact) mass is 424 g/mol. The number of rotatable bonds is 6. The minimum Gasteiger partial charge on any atom is -0.325 e. The lowest BCUT2D eigenvalue weighted by Crippen LogP contribution is -2.48. The van der Waals surface area contributed by atoms with Crippen molar-refractivity contribution in [1.29, 1.82) is 0 Å². The summed E-state index contributed by atoms with van der Waals surface area (Å²) in [6.45, 7) is 6.75. The average molecular weight is 425 g/mol. The number of nitrogens with one attached hydrogen (secondary N) is 1. The van der Waals surface area contributed by atoms with Crippen molar-refractivity contribution in [2.75, 3.05) is 38.0 Å². The summed E-state index contributed by atoms with van der Waals surface area (Å²) >= 11 is 1.68. The van der Waals surface area contributed by atoms with Crippen molar-refractivity contribution in [3.8, 4) is 10.6 Å². The molecule has 1 aliphatic heterocycles. The molecule has 1 aliphatic rings. The number of anilines is 1. The number of aromatic nitrogens is 1. The quantitative estimate of drug-likeness (QED) is 0.650. The Bertz CT molecular complexity index is 979. The van der Waals surface area contributed by atoms with Gasteiger partial charge in [-0.2, -0.15) is 0 Å². The molecule has 156 valence electrons. The highest BCUT2D eigenvalue weighted by atomic mass is 32.1. The van der Waals surface area contributed by atoms with Crippen LogP contribution in [0, 0.1) is 12.7 Å². The summed E-state index contributed by atoms with van der Waals surface area (Å²) < 4.78 is 13.0. The lowest BCUT2D eigenvalue weighted by Gasteiger charge is -2.33. The number of hydrogen-bond acceptors (Lipinski definition) is 5. The molecule has 1 saturated heterocycles. The Balaban J connectivity index is 1.23. The molecule has 30 heavy (non-hydrogen) atoms. The van der Waals surface area contributed by atoms with Crippen molar-refractivity contribution < 1.29 is 9.18 Å². The lowest BCUT2D eigenvalue weighted by molar-refractivity contribution is -0.117. The van der Waals surface area contributed by atoms with Crippen LogP contribution in [0.15, 0.2) is 53.9 Å². The number of aryl methyl sites for hydroxylation is 1. The minimum absolute atomic E-state index is 0.0719. The molecule has 7 heteroatoms. The van der Waals surface area contributed by atoms with Gasteiger partial charge in [-0.05, 0) is 31.2 Å². The summed E-state index contributed by atoms with van der Waals surface area (Å²) in [4.78, 5) is 21.5. The molecule has 2 aromatic carbocycles. The number of piperazine rings is 1. The van der Waals surface area contributed by atoms with E-state index in [4.69, 9.17) is 4.98 Å². The van der Waals surface area contributed by atoms with Gasteiger partial charge < -0.3 is 5.32 Å². The molecule has 0 unspecified atom stereocenters. The topological polar surface area (TPSA) is 48.5 Å². The van der Waals surface area contributed by atoms with Crippen LogP contribution in [-0.4, -0.2) is 53.4 Å². The first kappa shape index (κ1) is 20.7. The maximum absolute atomic E-state index is 13.0. The maximum Gasteiger partial charge on any atom is 0.238 e. The van der Waals surface area contributed by atoms with Gasteiger partial charge in [0.15, 0.2) is 0 Å². The van der Waals surface area contributed by atoms with Gasteiger partial charge in [-0.3, -0.25) is 14.6 Å². The summed E-state index contributed by atoms with van der Waals surface area (Å²) in [5.74, 6) is -0.382. The maximum atomic E-state index is 13.0. The van der Waals surface area contributed by atoms with Crippen LogP contribution < -0.4 is 5.32 Å². The van der Waals surface area contributed by atoms with Crippen molar-refractivity contribution in [3.05, 3.63) is 71.0 Å². The van der Waals surface area contributed by atoms with Crippen LogP contribution >= 0.6 is 11.3 Å². The van der Waals surface area contributed by atoms with Crippen molar-refractivity contribution >= 4 is 22.9 Å². The average Bonchev–Trinajstić information content (AvgIpc) is 3.20. The zero-order valence-corrected chi connectivity index (χ0v) is 17.8. The van der Waals surface area contributed by atoms with E-state index in [-0.39, 0.29) is 11.7 Å². The fourth-order valence-electron chi connectivity index (χ4n) is 3.48. The second-order valence-electron chi connectivity index (χ2n) is 7.62. The van der Waals surface area contributed by atoms with Crippen LogP contribution in [0.4, 0.5) is 10.1 Å². The fraction of sp³-hybridized carbons (Fsp3) is 0.304. The van der Waals surface area contributed by atoms with E-state index in [1.54, 1.807) is 23.5 Å². The minimum atomic E-state index is -0.310. The molecule has 1 fully saturated rings. The summed E-state index contributed by atoms with van der Waals surface area (Å²) in [5.41, 5.74) is 4.12. The van der Waals surface area contributed by atoms with E-state index in [2.05, 4.69) is 51.7 Å². The van der Waals surface area contributed by atoms with Gasteiger partial charge in [-0.25, -0.2) is 9.37 Å². The largest absolute Gasteiger partial charge is 0.325 e. The number of nitrogens with zero attached hydrogens (tertiary/aromatic N) is 3. The van der Waals surface area contributed by atoms with Crippen molar-refractivity contribution in [2.24, 2.45) is 0 Å². The number of halogens is 1. The molecule has 1 N–H and O–H groups in total. The third-order valence-corrected chi connectivity index (χ3v) is 6.14. The third-order valence-electron chi connectivity index (χ3n) is 5.20. The second kappa shape index (κ2) is 9.47. The smallest absolute Gasteiger partial charge is 0.238 e. The Morgan fingerprint density at radius 1 is 1.03 bits per heavy atom. The van der Waals surface area contributed by atoms with Crippen LogP contribution in [-0.2, 0) is 11.3 Å². The van der Waals surface area contributed by atoms with Gasteiger partial charge in [0, 0.05) is 49.4 Å². The summed E-state index contributed by atoms with van der Waals surface area (Å²) in [6, 6.07) is 14.3. The number of thiazole rings is 1. The SMILES string of the molecule is Cc1ccc(-c2nc(CN3CCN(CC(=O)Nc4ccc(F)cc4)CC3)cs2)cc1. The number of carbonyl (C=O) groups excluding carboxylic acids is 1. The predicted molar refractivity (Wildman–Crippen MR) is 119 cm³/mol. The Kier molecular flexibility index (Phi) is 6.52. The van der Waals surface area contributed by atoms with Crippen molar-refractivity contribution in [3.63, 3.8) is 0 Å². The van der Waals surface area contributed by atoms with Gasteiger partial charge in [0.05, 0.1) is 12.2 Å². The first-order valence-corrected chi connectivity index (χ1v) is 10.9. The molecule has 0 radical (unpaired) electrons. The molecule has 4 rings (SSSR count). The standard InChI is InChI=1S/C23H25FN4OS/c1-17-2-4-18(5-3-17)23-26-21(16-30-23)14-27-10-12-28(13-11-27)15-22(29)25-20-8-6-19(24)7-9-20/h2-9,16H,10-15H2,1H3,(H,25,29). The first-order chi connectivity index (χ1) is 14.5. The Labute approximate surface area is 180 Å². The first-order valence-electron chi connectivity index (χ1n) is 10.1. The molecule has 2 heterocycles. The molecule has 3 aromatic rings. The second-order valence-corrected chi connectivity index (χ2v) is 8.48. The van der Waals surface area contributed by atoms with Crippen molar-refractivity contribution in [1.82, 2.24) is 14.8 Å². The van der Waals surface area contributed by atoms with E-state index in [0.29, 0.717) is 12.2 Å². The molecule has 1 aromatic heterocycles. The number of amides is 1. The summed E-state index contributed by atoms with van der Waals surface area (Å²) in [5, 5.41) is 6.01. The van der Waals surface area contributed by atoms with Gasteiger partial charge in [0.1, 0.15) is 10.8 Å². The highest BCUT2D eigenvalue weighted by Gasteiger charge is 2.20. The van der Waals surface area contributed by atoms with Crippen molar-refractivity contribution in [2.45, 2.75) is 13.5 Å². The molecule has 0 saturated carbocycles. The van der Waals surface area contributed by atoms with Gasteiger partial charge in [-0.15, -0.1) is 11.3 Å². The van der Waals surface area contributed by atoms with Gasteiger partial charge in [0.2, 0.25) is 5.91 Å². The van der Waals surface area contributed by atoms with E-state index < -0.39 is 0 Å². The van der Waals surface area contributed by atoms with Crippen LogP contribution in [0.1, 0.15) is 11.3 Å². The molecule has 0 atom stereocenters. The lowest BCUT2D eigenvalue weighted by atomic mass is 10.2. The molecular formula is C23H25FN4OS. The normalized spacial score (nSPS) is 15.3. The summed E-state index contributed by atoms with van der Waals surface area (Å²) in [7, 11) is 0. The van der Waals surface area contributed by atoms with Crippen LogP contribution in [0.3, 0.4) is 0 Å². The zero-order chi connectivity index (χ0) is 20.9. The summed E-state index contributed by atoms with van der Waals surface area (Å²) in [6.07, 6.45) is 0.